The van der Waals surface area contributed by atoms with Crippen LogP contribution >= 0.6 is 0 Å². The molecular formula is C14H19N2O. The van der Waals surface area contributed by atoms with Crippen molar-refractivity contribution in [3.05, 3.63) is 35.9 Å². The molecule has 0 spiro atoms. The molecule has 0 bridgehead atoms. The Morgan fingerprint density at radius 2 is 2.12 bits per heavy atom. The normalized spacial score (nSPS) is 28.7. The molecule has 2 unspecified atom stereocenters. The van der Waals surface area contributed by atoms with Crippen LogP contribution in [0.3, 0.4) is 0 Å². The number of carbonyl (C=O) groups is 1. The molecule has 1 aromatic carbocycles. The number of carbonyl (C=O) groups excluding carboxylic acids is 1. The number of benzene rings is 1. The van der Waals surface area contributed by atoms with Crippen molar-refractivity contribution < 1.29 is 4.79 Å². The van der Waals surface area contributed by atoms with Crippen LogP contribution in [0.4, 0.5) is 0 Å². The maximum Gasteiger partial charge on any atom is 0.217 e. The van der Waals surface area contributed by atoms with Crippen molar-refractivity contribution in [2.45, 2.75) is 38.3 Å². The van der Waals surface area contributed by atoms with E-state index in [4.69, 9.17) is 0 Å². The number of amides is 1. The van der Waals surface area contributed by atoms with Gasteiger partial charge in [0, 0.05) is 19.5 Å². The molecule has 1 amide bonds. The van der Waals surface area contributed by atoms with E-state index in [2.05, 4.69) is 29.7 Å². The monoisotopic (exact) mass is 231 g/mol. The molecule has 1 fully saturated rings. The van der Waals surface area contributed by atoms with E-state index < -0.39 is 0 Å². The number of piperidine rings is 1. The van der Waals surface area contributed by atoms with Gasteiger partial charge in [-0.25, -0.2) is 5.32 Å². The fourth-order valence-corrected chi connectivity index (χ4v) is 2.69. The van der Waals surface area contributed by atoms with Gasteiger partial charge >= 0.3 is 0 Å². The minimum Gasteiger partial charge on any atom is -0.347 e. The van der Waals surface area contributed by atoms with Crippen LogP contribution in [-0.4, -0.2) is 18.5 Å². The summed E-state index contributed by atoms with van der Waals surface area (Å²) in [7, 11) is 0. The van der Waals surface area contributed by atoms with Gasteiger partial charge in [-0.3, -0.25) is 4.79 Å². The second kappa shape index (κ2) is 4.88. The number of hydrogen-bond donors (Lipinski definition) is 1. The molecule has 2 rings (SSSR count). The Bertz CT molecular complexity index is 390. The van der Waals surface area contributed by atoms with Crippen molar-refractivity contribution in [1.29, 1.82) is 0 Å². The molecule has 3 nitrogen and oxygen atoms in total. The van der Waals surface area contributed by atoms with E-state index in [1.165, 1.54) is 5.56 Å². The van der Waals surface area contributed by atoms with Crippen molar-refractivity contribution in [3.8, 4) is 0 Å². The Morgan fingerprint density at radius 3 is 2.71 bits per heavy atom. The van der Waals surface area contributed by atoms with E-state index in [0.29, 0.717) is 6.04 Å². The lowest BCUT2D eigenvalue weighted by molar-refractivity contribution is -0.121. The average molecular weight is 231 g/mol. The summed E-state index contributed by atoms with van der Waals surface area (Å²) in [4.78, 5) is 11.5. The summed E-state index contributed by atoms with van der Waals surface area (Å²) in [5.41, 5.74) is 0.964. The molecule has 0 aliphatic carbocycles. The minimum absolute atomic E-state index is 0.0305. The zero-order chi connectivity index (χ0) is 12.3. The van der Waals surface area contributed by atoms with Gasteiger partial charge in [-0.1, -0.05) is 30.3 Å². The lowest BCUT2D eigenvalue weighted by Gasteiger charge is -2.40. The predicted octanol–water partition coefficient (Wildman–Crippen LogP) is 1.80. The fourth-order valence-electron chi connectivity index (χ4n) is 2.69. The summed E-state index contributed by atoms with van der Waals surface area (Å²) in [6, 6.07) is 10.5. The highest BCUT2D eigenvalue weighted by atomic mass is 16.1. The maximum absolute atomic E-state index is 11.5. The molecule has 1 aromatic rings. The Morgan fingerprint density at radius 1 is 1.41 bits per heavy atom. The quantitative estimate of drug-likeness (QED) is 0.828. The topological polar surface area (TPSA) is 43.2 Å². The van der Waals surface area contributed by atoms with E-state index in [0.717, 1.165) is 19.4 Å². The molecule has 1 saturated heterocycles. The van der Waals surface area contributed by atoms with Gasteiger partial charge in [0.05, 0.1) is 5.54 Å². The van der Waals surface area contributed by atoms with Crippen LogP contribution < -0.4 is 10.6 Å². The largest absolute Gasteiger partial charge is 0.347 e. The Balaban J connectivity index is 2.32. The third kappa shape index (κ3) is 2.67. The van der Waals surface area contributed by atoms with Gasteiger partial charge in [0.25, 0.3) is 0 Å². The smallest absolute Gasteiger partial charge is 0.217 e. The van der Waals surface area contributed by atoms with Gasteiger partial charge in [0.1, 0.15) is 0 Å². The molecule has 1 aliphatic rings. The molecule has 2 atom stereocenters. The Hall–Kier alpha value is -1.35. The highest BCUT2D eigenvalue weighted by molar-refractivity contribution is 5.74. The summed E-state index contributed by atoms with van der Waals surface area (Å²) in [5.74, 6) is 0.0305. The molecule has 1 radical (unpaired) electrons. The van der Waals surface area contributed by atoms with E-state index in [-0.39, 0.29) is 11.4 Å². The summed E-state index contributed by atoms with van der Waals surface area (Å²) in [5, 5.41) is 7.65. The summed E-state index contributed by atoms with van der Waals surface area (Å²) >= 11 is 0. The molecular weight excluding hydrogens is 212 g/mol. The number of nitrogens with zero attached hydrogens (tertiary/aromatic N) is 1. The van der Waals surface area contributed by atoms with Gasteiger partial charge in [0.15, 0.2) is 0 Å². The van der Waals surface area contributed by atoms with Crippen molar-refractivity contribution >= 4 is 5.91 Å². The first-order valence-electron chi connectivity index (χ1n) is 6.13. The van der Waals surface area contributed by atoms with Crippen molar-refractivity contribution in [2.24, 2.45) is 0 Å². The molecule has 1 aliphatic heterocycles. The number of rotatable bonds is 2. The van der Waals surface area contributed by atoms with E-state index in [1.807, 2.05) is 18.2 Å². The molecule has 0 aromatic heterocycles. The minimum atomic E-state index is -0.228. The first-order chi connectivity index (χ1) is 8.12. The fraction of sp³-hybridized carbons (Fsp3) is 0.500. The summed E-state index contributed by atoms with van der Waals surface area (Å²) in [6.45, 7) is 4.51. The van der Waals surface area contributed by atoms with Crippen LogP contribution in [0.15, 0.2) is 30.3 Å². The summed E-state index contributed by atoms with van der Waals surface area (Å²) in [6.07, 6.45) is 1.78. The second-order valence-corrected chi connectivity index (χ2v) is 4.84. The van der Waals surface area contributed by atoms with Crippen molar-refractivity contribution in [1.82, 2.24) is 10.6 Å². The maximum atomic E-state index is 11.5. The molecule has 1 heterocycles. The van der Waals surface area contributed by atoms with E-state index in [9.17, 15) is 4.79 Å². The predicted molar refractivity (Wildman–Crippen MR) is 67.6 cm³/mol. The second-order valence-electron chi connectivity index (χ2n) is 4.84. The molecule has 17 heavy (non-hydrogen) atoms. The van der Waals surface area contributed by atoms with Gasteiger partial charge in [-0.15, -0.1) is 0 Å². The zero-order valence-corrected chi connectivity index (χ0v) is 10.4. The van der Waals surface area contributed by atoms with E-state index >= 15 is 0 Å². The lowest BCUT2D eigenvalue weighted by atomic mass is 9.79. The molecule has 1 N–H and O–H groups in total. The Labute approximate surface area is 103 Å². The Kier molecular flexibility index (Phi) is 3.48. The SMILES string of the molecule is CC(=O)NC1(c2ccccc2)CC[N]C(C)C1. The van der Waals surface area contributed by atoms with Crippen LogP contribution in [-0.2, 0) is 10.3 Å². The standard InChI is InChI=1S/C14H19N2O/c1-11-10-14(8-9-15-11,16-12(2)17)13-6-4-3-5-7-13/h3-7,11H,8-10H2,1-2H3,(H,16,17). The van der Waals surface area contributed by atoms with Crippen LogP contribution in [0.1, 0.15) is 32.3 Å². The van der Waals surface area contributed by atoms with Crippen LogP contribution in [0.5, 0.6) is 0 Å². The van der Waals surface area contributed by atoms with Crippen molar-refractivity contribution in [3.63, 3.8) is 0 Å². The first kappa shape index (κ1) is 12.1. The van der Waals surface area contributed by atoms with Crippen LogP contribution in [0.25, 0.3) is 0 Å². The third-order valence-corrected chi connectivity index (χ3v) is 3.36. The van der Waals surface area contributed by atoms with E-state index in [1.54, 1.807) is 6.92 Å². The zero-order valence-electron chi connectivity index (χ0n) is 10.4. The average Bonchev–Trinajstić information content (AvgIpc) is 2.29. The van der Waals surface area contributed by atoms with Gasteiger partial charge in [-0.05, 0) is 25.3 Å². The first-order valence-corrected chi connectivity index (χ1v) is 6.13. The van der Waals surface area contributed by atoms with Gasteiger partial charge in [0.2, 0.25) is 5.91 Å². The number of nitrogens with one attached hydrogen (secondary N) is 1. The molecule has 91 valence electrons. The highest BCUT2D eigenvalue weighted by Crippen LogP contribution is 2.33. The van der Waals surface area contributed by atoms with Crippen LogP contribution in [0, 0.1) is 0 Å². The molecule has 0 saturated carbocycles. The van der Waals surface area contributed by atoms with Gasteiger partial charge in [-0.2, -0.15) is 0 Å². The molecule has 3 heteroatoms. The van der Waals surface area contributed by atoms with Crippen molar-refractivity contribution in [2.75, 3.05) is 6.54 Å². The van der Waals surface area contributed by atoms with Crippen LogP contribution in [0.2, 0.25) is 0 Å². The summed E-state index contributed by atoms with van der Waals surface area (Å²) < 4.78 is 0. The number of hydrogen-bond acceptors (Lipinski definition) is 1. The lowest BCUT2D eigenvalue weighted by Crippen LogP contribution is -2.52. The van der Waals surface area contributed by atoms with Gasteiger partial charge < -0.3 is 5.32 Å². The highest BCUT2D eigenvalue weighted by Gasteiger charge is 2.37. The third-order valence-electron chi connectivity index (χ3n) is 3.36.